The Hall–Kier alpha value is -1.95. The summed E-state index contributed by atoms with van der Waals surface area (Å²) in [6.45, 7) is 3.58. The van der Waals surface area contributed by atoms with E-state index in [4.69, 9.17) is 4.74 Å². The predicted molar refractivity (Wildman–Crippen MR) is 68.8 cm³/mol. The first-order chi connectivity index (χ1) is 8.79. The average Bonchev–Trinajstić information content (AvgIpc) is 2.71. The second kappa shape index (κ2) is 6.11. The van der Waals surface area contributed by atoms with Crippen molar-refractivity contribution >= 4 is 11.6 Å². The highest BCUT2D eigenvalue weighted by atomic mass is 16.5. The summed E-state index contributed by atoms with van der Waals surface area (Å²) in [6, 6.07) is 0. The Bertz CT molecular complexity index is 482. The van der Waals surface area contributed by atoms with Gasteiger partial charge in [0.2, 0.25) is 5.95 Å². The van der Waals surface area contributed by atoms with Crippen LogP contribution in [0.3, 0.4) is 0 Å². The molecule has 0 unspecified atom stereocenters. The van der Waals surface area contributed by atoms with Crippen molar-refractivity contribution in [1.29, 1.82) is 0 Å². The van der Waals surface area contributed by atoms with Gasteiger partial charge in [-0.05, 0) is 13.3 Å². The van der Waals surface area contributed by atoms with Crippen LogP contribution in [0.1, 0.15) is 12.1 Å². The Kier molecular flexibility index (Phi) is 4.25. The Morgan fingerprint density at radius 1 is 1.33 bits per heavy atom. The summed E-state index contributed by atoms with van der Waals surface area (Å²) in [4.78, 5) is 12.4. The van der Waals surface area contributed by atoms with Gasteiger partial charge in [0.1, 0.15) is 6.33 Å². The maximum atomic E-state index is 5.05. The summed E-state index contributed by atoms with van der Waals surface area (Å²) in [6.07, 6.45) is 7.91. The lowest BCUT2D eigenvalue weighted by molar-refractivity contribution is 0.190. The molecular weight excluding hydrogens is 230 g/mol. The number of imidazole rings is 1. The fourth-order valence-corrected chi connectivity index (χ4v) is 1.69. The number of hydrogen-bond donors (Lipinski definition) is 1. The van der Waals surface area contributed by atoms with E-state index in [0.29, 0.717) is 0 Å². The molecule has 0 amide bonds. The van der Waals surface area contributed by atoms with Gasteiger partial charge in [-0.1, -0.05) is 0 Å². The Balaban J connectivity index is 2.07. The van der Waals surface area contributed by atoms with Crippen LogP contribution in [0, 0.1) is 6.92 Å². The first kappa shape index (κ1) is 12.5. The summed E-state index contributed by atoms with van der Waals surface area (Å²) in [5.41, 5.74) is 1.81. The highest BCUT2D eigenvalue weighted by molar-refractivity contribution is 5.50. The fourth-order valence-electron chi connectivity index (χ4n) is 1.69. The minimum absolute atomic E-state index is 0.741. The molecule has 18 heavy (non-hydrogen) atoms. The van der Waals surface area contributed by atoms with Crippen molar-refractivity contribution in [2.45, 2.75) is 19.9 Å². The topological polar surface area (TPSA) is 64.9 Å². The number of anilines is 2. The van der Waals surface area contributed by atoms with E-state index < -0.39 is 0 Å². The number of ether oxygens (including phenoxy) is 1. The van der Waals surface area contributed by atoms with E-state index in [0.717, 1.165) is 36.9 Å². The zero-order valence-corrected chi connectivity index (χ0v) is 10.6. The van der Waals surface area contributed by atoms with Crippen LogP contribution in [0.25, 0.3) is 0 Å². The molecule has 0 spiro atoms. The summed E-state index contributed by atoms with van der Waals surface area (Å²) in [5.74, 6) is 0.804. The minimum Gasteiger partial charge on any atom is -0.385 e. The molecular formula is C12H17N5O. The number of hydrogen-bond acceptors (Lipinski definition) is 5. The molecule has 96 valence electrons. The van der Waals surface area contributed by atoms with Gasteiger partial charge in [0.15, 0.2) is 0 Å². The Morgan fingerprint density at radius 3 is 2.83 bits per heavy atom. The molecule has 6 nitrogen and oxygen atoms in total. The van der Waals surface area contributed by atoms with Crippen LogP contribution in [-0.2, 0) is 11.3 Å². The number of aromatic nitrogens is 4. The summed E-state index contributed by atoms with van der Waals surface area (Å²) < 4.78 is 7.13. The molecule has 0 aromatic carbocycles. The third-order valence-corrected chi connectivity index (χ3v) is 2.46. The van der Waals surface area contributed by atoms with Gasteiger partial charge >= 0.3 is 0 Å². The van der Waals surface area contributed by atoms with Gasteiger partial charge in [-0.25, -0.2) is 15.0 Å². The number of rotatable bonds is 6. The molecule has 2 aromatic rings. The van der Waals surface area contributed by atoms with E-state index in [1.54, 1.807) is 19.5 Å². The molecule has 0 fully saturated rings. The van der Waals surface area contributed by atoms with E-state index in [9.17, 15) is 0 Å². The molecule has 2 aromatic heterocycles. The van der Waals surface area contributed by atoms with Gasteiger partial charge in [-0.2, -0.15) is 0 Å². The van der Waals surface area contributed by atoms with E-state index >= 15 is 0 Å². The molecule has 0 saturated carbocycles. The lowest BCUT2D eigenvalue weighted by Gasteiger charge is -2.08. The van der Waals surface area contributed by atoms with Crippen LogP contribution in [0.4, 0.5) is 11.6 Å². The summed E-state index contributed by atoms with van der Waals surface area (Å²) in [7, 11) is 1.71. The quantitative estimate of drug-likeness (QED) is 0.788. The smallest absolute Gasteiger partial charge is 0.207 e. The molecule has 2 heterocycles. The van der Waals surface area contributed by atoms with Crippen LogP contribution >= 0.6 is 0 Å². The number of nitrogens with zero attached hydrogens (tertiary/aromatic N) is 4. The van der Waals surface area contributed by atoms with E-state index in [-0.39, 0.29) is 0 Å². The molecule has 0 bridgehead atoms. The van der Waals surface area contributed by atoms with Crippen LogP contribution in [0.2, 0.25) is 0 Å². The van der Waals surface area contributed by atoms with Crippen LogP contribution in [-0.4, -0.2) is 33.2 Å². The maximum Gasteiger partial charge on any atom is 0.207 e. The molecule has 0 atom stereocenters. The van der Waals surface area contributed by atoms with Gasteiger partial charge < -0.3 is 14.6 Å². The van der Waals surface area contributed by atoms with E-state index in [1.807, 2.05) is 13.1 Å². The SMILES string of the molecule is COCCCn1cc(C)nc1Nc1cncnc1. The largest absolute Gasteiger partial charge is 0.385 e. The highest BCUT2D eigenvalue weighted by Gasteiger charge is 2.05. The number of aryl methyl sites for hydroxylation is 2. The molecule has 0 aliphatic rings. The third-order valence-electron chi connectivity index (χ3n) is 2.46. The predicted octanol–water partition coefficient (Wildman–Crippen LogP) is 1.76. The van der Waals surface area contributed by atoms with Gasteiger partial charge in [0, 0.05) is 26.5 Å². The van der Waals surface area contributed by atoms with E-state index in [1.165, 1.54) is 6.33 Å². The molecule has 0 saturated heterocycles. The van der Waals surface area contributed by atoms with Crippen LogP contribution in [0.15, 0.2) is 24.9 Å². The van der Waals surface area contributed by atoms with Crippen molar-refractivity contribution in [3.05, 3.63) is 30.6 Å². The van der Waals surface area contributed by atoms with Crippen molar-refractivity contribution in [3.63, 3.8) is 0 Å². The number of methoxy groups -OCH3 is 1. The van der Waals surface area contributed by atoms with Gasteiger partial charge in [0.05, 0.1) is 23.8 Å². The standard InChI is InChI=1S/C12H17N5O/c1-10-8-17(4-3-5-18-2)12(15-10)16-11-6-13-9-14-7-11/h6-9H,3-5H2,1-2H3,(H,15,16). The van der Waals surface area contributed by atoms with Crippen molar-refractivity contribution in [1.82, 2.24) is 19.5 Å². The van der Waals surface area contributed by atoms with Crippen LogP contribution in [0.5, 0.6) is 0 Å². The molecule has 0 radical (unpaired) electrons. The van der Waals surface area contributed by atoms with Crippen molar-refractivity contribution in [2.24, 2.45) is 0 Å². The van der Waals surface area contributed by atoms with Crippen molar-refractivity contribution in [3.8, 4) is 0 Å². The zero-order valence-electron chi connectivity index (χ0n) is 10.6. The monoisotopic (exact) mass is 247 g/mol. The van der Waals surface area contributed by atoms with E-state index in [2.05, 4.69) is 24.8 Å². The molecule has 0 aliphatic heterocycles. The molecule has 2 rings (SSSR count). The molecule has 1 N–H and O–H groups in total. The Labute approximate surface area is 106 Å². The second-order valence-corrected chi connectivity index (χ2v) is 4.00. The lowest BCUT2D eigenvalue weighted by Crippen LogP contribution is -2.05. The Morgan fingerprint density at radius 2 is 2.11 bits per heavy atom. The fraction of sp³-hybridized carbons (Fsp3) is 0.417. The average molecular weight is 247 g/mol. The van der Waals surface area contributed by atoms with Crippen LogP contribution < -0.4 is 5.32 Å². The lowest BCUT2D eigenvalue weighted by atomic mass is 10.4. The minimum atomic E-state index is 0.741. The van der Waals surface area contributed by atoms with Crippen molar-refractivity contribution in [2.75, 3.05) is 19.0 Å². The normalized spacial score (nSPS) is 10.6. The molecule has 6 heteroatoms. The van der Waals surface area contributed by atoms with Gasteiger partial charge in [-0.3, -0.25) is 0 Å². The van der Waals surface area contributed by atoms with Gasteiger partial charge in [-0.15, -0.1) is 0 Å². The first-order valence-corrected chi connectivity index (χ1v) is 5.84. The summed E-state index contributed by atoms with van der Waals surface area (Å²) >= 11 is 0. The van der Waals surface area contributed by atoms with Gasteiger partial charge in [0.25, 0.3) is 0 Å². The second-order valence-electron chi connectivity index (χ2n) is 4.00. The zero-order chi connectivity index (χ0) is 12.8. The van der Waals surface area contributed by atoms with Crippen molar-refractivity contribution < 1.29 is 4.74 Å². The summed E-state index contributed by atoms with van der Waals surface area (Å²) in [5, 5.41) is 3.21. The highest BCUT2D eigenvalue weighted by Crippen LogP contribution is 2.14. The first-order valence-electron chi connectivity index (χ1n) is 5.84. The maximum absolute atomic E-state index is 5.05. The number of nitrogens with one attached hydrogen (secondary N) is 1. The molecule has 0 aliphatic carbocycles. The third kappa shape index (κ3) is 3.27.